The fourth-order valence-electron chi connectivity index (χ4n) is 2.38. The van der Waals surface area contributed by atoms with Gasteiger partial charge in [0.2, 0.25) is 0 Å². The highest BCUT2D eigenvalue weighted by Crippen LogP contribution is 2.30. The molecule has 1 N–H and O–H groups in total. The van der Waals surface area contributed by atoms with Crippen LogP contribution in [0.15, 0.2) is 36.4 Å². The largest absolute Gasteiger partial charge is 0.380 e. The Labute approximate surface area is 138 Å². The fourth-order valence-corrected chi connectivity index (χ4v) is 3.53. The van der Waals surface area contributed by atoms with Crippen molar-refractivity contribution in [2.45, 2.75) is 0 Å². The molecule has 2 aromatic heterocycles. The fraction of sp³-hybridized carbons (Fsp3) is 0. The van der Waals surface area contributed by atoms with Crippen molar-refractivity contribution in [2.24, 2.45) is 0 Å². The van der Waals surface area contributed by atoms with Gasteiger partial charge in [-0.1, -0.05) is 28.8 Å². The molecule has 0 unspecified atom stereocenters. The highest BCUT2D eigenvalue weighted by molar-refractivity contribution is 7.22. The molecular formula is C15H7ClN2O4S. The number of rotatable bonds is 2. The van der Waals surface area contributed by atoms with Gasteiger partial charge in [-0.3, -0.25) is 9.59 Å². The molecule has 0 saturated heterocycles. The van der Waals surface area contributed by atoms with Gasteiger partial charge in [0, 0.05) is 0 Å². The molecule has 2 amide bonds. The molecular weight excluding hydrogens is 340 g/mol. The Hall–Kier alpha value is -2.64. The minimum atomic E-state index is -0.820. The number of aromatic amines is 1. The van der Waals surface area contributed by atoms with Crippen molar-refractivity contribution in [1.29, 1.82) is 0 Å². The second-order valence-corrected chi connectivity index (χ2v) is 6.56. The molecule has 0 spiro atoms. The smallest absolute Gasteiger partial charge is 0.348 e. The summed E-state index contributed by atoms with van der Waals surface area (Å²) in [7, 11) is 0. The molecule has 4 rings (SSSR count). The zero-order valence-electron chi connectivity index (χ0n) is 11.3. The minimum absolute atomic E-state index is 0.138. The number of aromatic nitrogens is 1. The summed E-state index contributed by atoms with van der Waals surface area (Å²) in [6, 6.07) is 9.54. The number of thiophene rings is 1. The molecule has 1 aliphatic rings. The summed E-state index contributed by atoms with van der Waals surface area (Å²) >= 11 is 7.17. The summed E-state index contributed by atoms with van der Waals surface area (Å²) in [5.41, 5.74) is 1.25. The van der Waals surface area contributed by atoms with Crippen molar-refractivity contribution in [1.82, 2.24) is 10.0 Å². The Bertz CT molecular complexity index is 924. The molecule has 0 bridgehead atoms. The van der Waals surface area contributed by atoms with E-state index in [4.69, 9.17) is 16.4 Å². The summed E-state index contributed by atoms with van der Waals surface area (Å²) in [6.45, 7) is 0. The van der Waals surface area contributed by atoms with E-state index in [0.717, 1.165) is 4.70 Å². The van der Waals surface area contributed by atoms with Crippen molar-refractivity contribution >= 4 is 50.9 Å². The first-order valence-electron chi connectivity index (χ1n) is 6.53. The van der Waals surface area contributed by atoms with E-state index in [1.165, 1.54) is 23.5 Å². The molecule has 114 valence electrons. The zero-order chi connectivity index (χ0) is 16.1. The number of imide groups is 1. The van der Waals surface area contributed by atoms with E-state index in [1.807, 2.05) is 0 Å². The number of nitrogens with zero attached hydrogens (tertiary/aromatic N) is 1. The molecule has 3 aromatic rings. The summed E-state index contributed by atoms with van der Waals surface area (Å²) < 4.78 is 1.37. The van der Waals surface area contributed by atoms with Gasteiger partial charge in [-0.05, 0) is 24.3 Å². The maximum Gasteiger partial charge on any atom is 0.380 e. The van der Waals surface area contributed by atoms with Crippen LogP contribution in [0.3, 0.4) is 0 Å². The zero-order valence-corrected chi connectivity index (χ0v) is 12.9. The molecule has 23 heavy (non-hydrogen) atoms. The van der Waals surface area contributed by atoms with E-state index < -0.39 is 17.8 Å². The number of hydrogen-bond acceptors (Lipinski definition) is 5. The average Bonchev–Trinajstić information content (AvgIpc) is 3.14. The molecule has 0 saturated carbocycles. The van der Waals surface area contributed by atoms with Crippen molar-refractivity contribution in [3.8, 4) is 0 Å². The van der Waals surface area contributed by atoms with Gasteiger partial charge >= 0.3 is 5.97 Å². The van der Waals surface area contributed by atoms with Crippen LogP contribution in [0.4, 0.5) is 0 Å². The van der Waals surface area contributed by atoms with Crippen LogP contribution in [0.1, 0.15) is 31.2 Å². The third-order valence-corrected chi connectivity index (χ3v) is 4.64. The molecule has 0 aliphatic carbocycles. The molecule has 6 nitrogen and oxygen atoms in total. The first-order chi connectivity index (χ1) is 11.0. The van der Waals surface area contributed by atoms with Crippen molar-refractivity contribution in [2.75, 3.05) is 0 Å². The summed E-state index contributed by atoms with van der Waals surface area (Å²) in [5, 5.41) is 0.481. The average molecular weight is 347 g/mol. The van der Waals surface area contributed by atoms with E-state index in [2.05, 4.69) is 4.98 Å². The Balaban J connectivity index is 1.60. The van der Waals surface area contributed by atoms with Crippen LogP contribution in [0.25, 0.3) is 10.2 Å². The lowest BCUT2D eigenvalue weighted by Crippen LogP contribution is -2.32. The maximum atomic E-state index is 12.2. The van der Waals surface area contributed by atoms with E-state index in [1.54, 1.807) is 24.3 Å². The van der Waals surface area contributed by atoms with E-state index >= 15 is 0 Å². The molecule has 0 fully saturated rings. The van der Waals surface area contributed by atoms with E-state index in [0.29, 0.717) is 14.9 Å². The van der Waals surface area contributed by atoms with Gasteiger partial charge in [0.1, 0.15) is 5.69 Å². The Kier molecular flexibility index (Phi) is 3.00. The SMILES string of the molecule is O=C(ON1C(=O)c2ccccc2C1=O)c1cc2sc(Cl)cc2[nH]1. The van der Waals surface area contributed by atoms with Crippen LogP contribution < -0.4 is 0 Å². The highest BCUT2D eigenvalue weighted by atomic mass is 35.5. The number of carbonyl (C=O) groups is 3. The molecule has 1 aromatic carbocycles. The van der Waals surface area contributed by atoms with E-state index in [-0.39, 0.29) is 16.8 Å². The van der Waals surface area contributed by atoms with Crippen LogP contribution in [-0.4, -0.2) is 27.8 Å². The normalized spacial score (nSPS) is 13.7. The Morgan fingerprint density at radius 3 is 2.39 bits per heavy atom. The topological polar surface area (TPSA) is 79.5 Å². The van der Waals surface area contributed by atoms with Gasteiger partial charge in [-0.15, -0.1) is 11.3 Å². The first kappa shape index (κ1) is 14.0. The number of amides is 2. The van der Waals surface area contributed by atoms with Gasteiger partial charge < -0.3 is 9.82 Å². The first-order valence-corrected chi connectivity index (χ1v) is 7.72. The Morgan fingerprint density at radius 2 is 1.78 bits per heavy atom. The summed E-state index contributed by atoms with van der Waals surface area (Å²) in [5.74, 6) is -2.13. The third-order valence-electron chi connectivity index (χ3n) is 3.43. The van der Waals surface area contributed by atoms with E-state index in [9.17, 15) is 14.4 Å². The van der Waals surface area contributed by atoms with Crippen molar-refractivity contribution in [3.63, 3.8) is 0 Å². The summed E-state index contributed by atoms with van der Waals surface area (Å²) in [6.07, 6.45) is 0. The lowest BCUT2D eigenvalue weighted by Gasteiger charge is -2.11. The molecule has 0 atom stereocenters. The van der Waals surface area contributed by atoms with Crippen LogP contribution in [-0.2, 0) is 4.84 Å². The van der Waals surface area contributed by atoms with Crippen molar-refractivity contribution in [3.05, 3.63) is 57.6 Å². The van der Waals surface area contributed by atoms with Crippen LogP contribution in [0.2, 0.25) is 4.34 Å². The maximum absolute atomic E-state index is 12.2. The standard InChI is InChI=1S/C15H7ClN2O4S/c16-12-6-9-11(23-12)5-10(17-9)15(21)22-18-13(19)7-3-1-2-4-8(7)14(18)20/h1-6,17H. The van der Waals surface area contributed by atoms with Gasteiger partial charge in [0.05, 0.1) is 25.7 Å². The number of carbonyl (C=O) groups excluding carboxylic acids is 3. The third kappa shape index (κ3) is 2.13. The predicted molar refractivity (Wildman–Crippen MR) is 83.5 cm³/mol. The number of H-pyrrole nitrogens is 1. The number of hydroxylamine groups is 2. The van der Waals surface area contributed by atoms with Crippen LogP contribution in [0, 0.1) is 0 Å². The number of fused-ring (bicyclic) bond motifs is 2. The summed E-state index contributed by atoms with van der Waals surface area (Å²) in [4.78, 5) is 44.3. The predicted octanol–water partition coefficient (Wildman–Crippen LogP) is 3.25. The monoisotopic (exact) mass is 346 g/mol. The number of hydrogen-bond donors (Lipinski definition) is 1. The molecule has 1 aliphatic heterocycles. The molecule has 8 heteroatoms. The Morgan fingerprint density at radius 1 is 1.13 bits per heavy atom. The minimum Gasteiger partial charge on any atom is -0.348 e. The van der Waals surface area contributed by atoms with Crippen LogP contribution in [0.5, 0.6) is 0 Å². The van der Waals surface area contributed by atoms with Gasteiger partial charge in [0.25, 0.3) is 11.8 Å². The van der Waals surface area contributed by atoms with Crippen molar-refractivity contribution < 1.29 is 19.2 Å². The lowest BCUT2D eigenvalue weighted by molar-refractivity contribution is -0.0587. The lowest BCUT2D eigenvalue weighted by atomic mass is 10.1. The number of halogens is 1. The van der Waals surface area contributed by atoms with Gasteiger partial charge in [-0.25, -0.2) is 4.79 Å². The number of benzene rings is 1. The second kappa shape index (κ2) is 4.94. The van der Waals surface area contributed by atoms with Crippen LogP contribution >= 0.6 is 22.9 Å². The highest BCUT2D eigenvalue weighted by Gasteiger charge is 2.39. The molecule has 0 radical (unpaired) electrons. The quantitative estimate of drug-likeness (QED) is 0.722. The van der Waals surface area contributed by atoms with Gasteiger partial charge in [-0.2, -0.15) is 0 Å². The van der Waals surface area contributed by atoms with Gasteiger partial charge in [0.15, 0.2) is 0 Å². The molecule has 3 heterocycles. The second-order valence-electron chi connectivity index (χ2n) is 4.84. The number of nitrogens with one attached hydrogen (secondary N) is 1.